The van der Waals surface area contributed by atoms with Crippen LogP contribution in [0.5, 0.6) is 11.5 Å². The van der Waals surface area contributed by atoms with Crippen LogP contribution in [0.2, 0.25) is 0 Å². The van der Waals surface area contributed by atoms with Gasteiger partial charge in [0.2, 0.25) is 0 Å². The van der Waals surface area contributed by atoms with Crippen molar-refractivity contribution in [3.05, 3.63) is 65.3 Å². The summed E-state index contributed by atoms with van der Waals surface area (Å²) < 4.78 is 11.1. The summed E-state index contributed by atoms with van der Waals surface area (Å²) in [5.74, 6) is 2.54. The SMILES string of the molecule is COc1cc2c(cc1OC)C(C)N(c1ncnc3scc(-c4ccccc4)c13)CC2. The molecular formula is C24H23N3O2S. The van der Waals surface area contributed by atoms with Gasteiger partial charge in [-0.05, 0) is 42.2 Å². The van der Waals surface area contributed by atoms with Crippen LogP contribution in [0.25, 0.3) is 21.3 Å². The van der Waals surface area contributed by atoms with Crippen LogP contribution in [0, 0.1) is 0 Å². The molecule has 2 aromatic heterocycles. The van der Waals surface area contributed by atoms with Gasteiger partial charge in [-0.1, -0.05) is 30.3 Å². The van der Waals surface area contributed by atoms with Crippen molar-refractivity contribution in [3.8, 4) is 22.6 Å². The summed E-state index contributed by atoms with van der Waals surface area (Å²) in [5, 5.41) is 3.32. The van der Waals surface area contributed by atoms with Crippen molar-refractivity contribution in [2.45, 2.75) is 19.4 Å². The van der Waals surface area contributed by atoms with Crippen LogP contribution in [0.15, 0.2) is 54.2 Å². The Balaban J connectivity index is 1.63. The Hall–Kier alpha value is -3.12. The third kappa shape index (κ3) is 2.99. The Labute approximate surface area is 179 Å². The fourth-order valence-electron chi connectivity index (χ4n) is 4.34. The molecule has 0 amide bonds. The molecule has 5 rings (SSSR count). The van der Waals surface area contributed by atoms with E-state index in [1.807, 2.05) is 6.07 Å². The Morgan fingerprint density at radius 2 is 1.80 bits per heavy atom. The summed E-state index contributed by atoms with van der Waals surface area (Å²) in [4.78, 5) is 12.7. The van der Waals surface area contributed by atoms with Crippen molar-refractivity contribution >= 4 is 27.4 Å². The molecule has 0 radical (unpaired) electrons. The van der Waals surface area contributed by atoms with Crippen LogP contribution in [0.3, 0.4) is 0 Å². The number of hydrogen-bond acceptors (Lipinski definition) is 6. The number of anilines is 1. The van der Waals surface area contributed by atoms with E-state index in [0.29, 0.717) is 0 Å². The van der Waals surface area contributed by atoms with Crippen LogP contribution >= 0.6 is 11.3 Å². The molecule has 2 aromatic carbocycles. The van der Waals surface area contributed by atoms with E-state index in [2.05, 4.69) is 58.6 Å². The fourth-order valence-corrected chi connectivity index (χ4v) is 5.25. The molecule has 5 nitrogen and oxygen atoms in total. The van der Waals surface area contributed by atoms with E-state index in [4.69, 9.17) is 14.5 Å². The average Bonchev–Trinajstić information content (AvgIpc) is 3.24. The van der Waals surface area contributed by atoms with Crippen molar-refractivity contribution in [2.24, 2.45) is 0 Å². The summed E-state index contributed by atoms with van der Waals surface area (Å²) in [7, 11) is 3.36. The van der Waals surface area contributed by atoms with E-state index >= 15 is 0 Å². The fraction of sp³-hybridized carbons (Fsp3) is 0.250. The molecule has 6 heteroatoms. The minimum absolute atomic E-state index is 0.162. The maximum Gasteiger partial charge on any atom is 0.161 e. The van der Waals surface area contributed by atoms with E-state index in [1.165, 1.54) is 22.3 Å². The number of ether oxygens (including phenoxy) is 2. The Morgan fingerprint density at radius 3 is 2.57 bits per heavy atom. The van der Waals surface area contributed by atoms with Crippen molar-refractivity contribution in [3.63, 3.8) is 0 Å². The minimum Gasteiger partial charge on any atom is -0.493 e. The summed E-state index contributed by atoms with van der Waals surface area (Å²) in [6.45, 7) is 3.12. The van der Waals surface area contributed by atoms with Crippen LogP contribution in [-0.2, 0) is 6.42 Å². The van der Waals surface area contributed by atoms with Gasteiger partial charge in [0, 0.05) is 17.5 Å². The first-order valence-corrected chi connectivity index (χ1v) is 10.9. The first kappa shape index (κ1) is 18.9. The Morgan fingerprint density at radius 1 is 1.03 bits per heavy atom. The van der Waals surface area contributed by atoms with E-state index in [0.717, 1.165) is 40.5 Å². The highest BCUT2D eigenvalue weighted by Crippen LogP contribution is 2.43. The molecular weight excluding hydrogens is 394 g/mol. The molecule has 0 saturated heterocycles. The average molecular weight is 418 g/mol. The molecule has 1 aliphatic heterocycles. The van der Waals surface area contributed by atoms with Gasteiger partial charge in [0.05, 0.1) is 25.6 Å². The highest BCUT2D eigenvalue weighted by atomic mass is 32.1. The van der Waals surface area contributed by atoms with Gasteiger partial charge in [-0.2, -0.15) is 0 Å². The normalized spacial score (nSPS) is 15.8. The third-order valence-electron chi connectivity index (χ3n) is 5.89. The van der Waals surface area contributed by atoms with Crippen LogP contribution in [0.1, 0.15) is 24.1 Å². The van der Waals surface area contributed by atoms with Crippen LogP contribution in [0.4, 0.5) is 5.82 Å². The monoisotopic (exact) mass is 417 g/mol. The highest BCUT2D eigenvalue weighted by Gasteiger charge is 2.29. The maximum atomic E-state index is 5.56. The number of fused-ring (bicyclic) bond motifs is 2. The number of thiophene rings is 1. The molecule has 1 unspecified atom stereocenters. The molecule has 152 valence electrons. The third-order valence-corrected chi connectivity index (χ3v) is 6.78. The largest absolute Gasteiger partial charge is 0.493 e. The summed E-state index contributed by atoms with van der Waals surface area (Å²) in [6.07, 6.45) is 2.61. The lowest BCUT2D eigenvalue weighted by Gasteiger charge is -2.37. The number of methoxy groups -OCH3 is 2. The molecule has 0 fully saturated rings. The summed E-state index contributed by atoms with van der Waals surface area (Å²) >= 11 is 1.67. The zero-order chi connectivity index (χ0) is 20.7. The first-order valence-electron chi connectivity index (χ1n) is 10.00. The molecule has 30 heavy (non-hydrogen) atoms. The van der Waals surface area contributed by atoms with Gasteiger partial charge in [0.15, 0.2) is 11.5 Å². The van der Waals surface area contributed by atoms with Crippen molar-refractivity contribution < 1.29 is 9.47 Å². The molecule has 3 heterocycles. The molecule has 0 aliphatic carbocycles. The standard InChI is InChI=1S/C24H23N3O2S/c1-15-18-12-21(29-3)20(28-2)11-17(18)9-10-27(15)23-22-19(16-7-5-4-6-8-16)13-30-24(22)26-14-25-23/h4-8,11-15H,9-10H2,1-3H3. The number of hydrogen-bond donors (Lipinski definition) is 0. The molecule has 0 bridgehead atoms. The molecule has 4 aromatic rings. The summed E-state index contributed by atoms with van der Waals surface area (Å²) in [5.41, 5.74) is 4.94. The second kappa shape index (κ2) is 7.61. The zero-order valence-corrected chi connectivity index (χ0v) is 18.1. The minimum atomic E-state index is 0.162. The van der Waals surface area contributed by atoms with E-state index in [1.54, 1.807) is 31.9 Å². The lowest BCUT2D eigenvalue weighted by atomic mass is 9.92. The van der Waals surface area contributed by atoms with Gasteiger partial charge in [-0.25, -0.2) is 9.97 Å². The Kier molecular flexibility index (Phi) is 4.79. The van der Waals surface area contributed by atoms with E-state index in [-0.39, 0.29) is 6.04 Å². The predicted molar refractivity (Wildman–Crippen MR) is 122 cm³/mol. The van der Waals surface area contributed by atoms with Gasteiger partial charge in [0.25, 0.3) is 0 Å². The van der Waals surface area contributed by atoms with Crippen LogP contribution in [-0.4, -0.2) is 30.7 Å². The second-order valence-electron chi connectivity index (χ2n) is 7.42. The van der Waals surface area contributed by atoms with Crippen molar-refractivity contribution in [1.29, 1.82) is 0 Å². The molecule has 0 spiro atoms. The van der Waals surface area contributed by atoms with Gasteiger partial charge < -0.3 is 14.4 Å². The summed E-state index contributed by atoms with van der Waals surface area (Å²) in [6, 6.07) is 14.8. The highest BCUT2D eigenvalue weighted by molar-refractivity contribution is 7.17. The first-order chi connectivity index (χ1) is 14.7. The predicted octanol–water partition coefficient (Wildman–Crippen LogP) is 5.50. The van der Waals surface area contributed by atoms with Gasteiger partial charge in [-0.15, -0.1) is 11.3 Å². The molecule has 0 saturated carbocycles. The van der Waals surface area contributed by atoms with E-state index in [9.17, 15) is 0 Å². The quantitative estimate of drug-likeness (QED) is 0.439. The van der Waals surface area contributed by atoms with E-state index < -0.39 is 0 Å². The molecule has 1 aliphatic rings. The van der Waals surface area contributed by atoms with Gasteiger partial charge in [-0.3, -0.25) is 0 Å². The smallest absolute Gasteiger partial charge is 0.161 e. The van der Waals surface area contributed by atoms with Gasteiger partial charge in [0.1, 0.15) is 17.0 Å². The second-order valence-corrected chi connectivity index (χ2v) is 8.28. The number of benzene rings is 2. The zero-order valence-electron chi connectivity index (χ0n) is 17.3. The van der Waals surface area contributed by atoms with Crippen molar-refractivity contribution in [1.82, 2.24) is 9.97 Å². The lowest BCUT2D eigenvalue weighted by molar-refractivity contribution is 0.353. The number of rotatable bonds is 4. The lowest BCUT2D eigenvalue weighted by Crippen LogP contribution is -2.34. The molecule has 0 N–H and O–H groups in total. The topological polar surface area (TPSA) is 47.5 Å². The van der Waals surface area contributed by atoms with Crippen LogP contribution < -0.4 is 14.4 Å². The Bertz CT molecular complexity index is 1210. The van der Waals surface area contributed by atoms with Gasteiger partial charge >= 0.3 is 0 Å². The molecule has 1 atom stereocenters. The number of nitrogens with zero attached hydrogens (tertiary/aromatic N) is 3. The van der Waals surface area contributed by atoms with Crippen molar-refractivity contribution in [2.75, 3.05) is 25.7 Å². The number of aromatic nitrogens is 2. The maximum absolute atomic E-state index is 5.56.